The molecule has 0 aromatic carbocycles. The van der Waals surface area contributed by atoms with Crippen LogP contribution in [0.3, 0.4) is 0 Å². The van der Waals surface area contributed by atoms with Gasteiger partial charge in [0.15, 0.2) is 0 Å². The van der Waals surface area contributed by atoms with E-state index in [4.69, 9.17) is 14.5 Å². The zero-order valence-electron chi connectivity index (χ0n) is 22.0. The van der Waals surface area contributed by atoms with Crippen LogP contribution < -0.4 is 5.32 Å². The molecule has 4 aliphatic rings. The van der Waals surface area contributed by atoms with Crippen LogP contribution in [0.15, 0.2) is 24.4 Å². The molecule has 1 N–H and O–H groups in total. The zero-order chi connectivity index (χ0) is 24.6. The Morgan fingerprint density at radius 1 is 1.06 bits per heavy atom. The first-order chi connectivity index (χ1) is 17.5. The van der Waals surface area contributed by atoms with E-state index in [0.717, 1.165) is 62.8 Å². The topological polar surface area (TPSA) is 72.4 Å². The molecular formula is C29H41N5O2. The molecule has 7 heteroatoms. The lowest BCUT2D eigenvalue weighted by Crippen LogP contribution is -2.53. The quantitative estimate of drug-likeness (QED) is 0.612. The summed E-state index contributed by atoms with van der Waals surface area (Å²) in [7, 11) is 0. The van der Waals surface area contributed by atoms with Crippen LogP contribution in [0.4, 0.5) is 5.82 Å². The smallest absolute Gasteiger partial charge is 0.149 e. The fourth-order valence-electron chi connectivity index (χ4n) is 6.46. The number of nitrogens with one attached hydrogen (secondary N) is 1. The summed E-state index contributed by atoms with van der Waals surface area (Å²) in [6.07, 6.45) is 11.4. The van der Waals surface area contributed by atoms with Crippen molar-refractivity contribution in [3.63, 3.8) is 0 Å². The van der Waals surface area contributed by atoms with E-state index >= 15 is 0 Å². The van der Waals surface area contributed by atoms with Crippen LogP contribution in [0.2, 0.25) is 0 Å². The molecule has 2 aromatic heterocycles. The minimum Gasteiger partial charge on any atom is -0.376 e. The summed E-state index contributed by atoms with van der Waals surface area (Å²) in [5.41, 5.74) is 5.03. The van der Waals surface area contributed by atoms with Gasteiger partial charge in [-0.1, -0.05) is 13.0 Å². The molecule has 4 fully saturated rings. The summed E-state index contributed by atoms with van der Waals surface area (Å²) in [5, 5.41) is 12.5. The molecule has 194 valence electrons. The number of aryl methyl sites for hydroxylation is 1. The summed E-state index contributed by atoms with van der Waals surface area (Å²) < 4.78 is 11.9. The molecule has 2 aromatic rings. The van der Waals surface area contributed by atoms with Gasteiger partial charge in [0.1, 0.15) is 5.82 Å². The second-order valence-electron chi connectivity index (χ2n) is 12.1. The number of piperidine rings is 1. The Morgan fingerprint density at radius 2 is 1.86 bits per heavy atom. The van der Waals surface area contributed by atoms with Crippen LogP contribution in [-0.2, 0) is 9.47 Å². The number of hydrogen-bond donors (Lipinski definition) is 1. The third-order valence-corrected chi connectivity index (χ3v) is 8.91. The summed E-state index contributed by atoms with van der Waals surface area (Å²) in [5.74, 6) is 1.49. The molecule has 2 saturated heterocycles. The van der Waals surface area contributed by atoms with Crippen molar-refractivity contribution in [1.29, 1.82) is 0 Å². The average molecular weight is 492 g/mol. The van der Waals surface area contributed by atoms with Crippen molar-refractivity contribution in [1.82, 2.24) is 20.1 Å². The second kappa shape index (κ2) is 9.99. The van der Waals surface area contributed by atoms with Crippen LogP contribution in [-0.4, -0.2) is 71.2 Å². The summed E-state index contributed by atoms with van der Waals surface area (Å²) >= 11 is 0. The fourth-order valence-corrected chi connectivity index (χ4v) is 6.46. The molecule has 4 heterocycles. The molecule has 0 atom stereocenters. The van der Waals surface area contributed by atoms with E-state index < -0.39 is 0 Å². The molecule has 6 rings (SSSR count). The maximum absolute atomic E-state index is 6.13. The monoisotopic (exact) mass is 491 g/mol. The Kier molecular flexibility index (Phi) is 6.73. The number of hydrogen-bond acceptors (Lipinski definition) is 7. The van der Waals surface area contributed by atoms with Crippen LogP contribution in [0.1, 0.15) is 75.6 Å². The van der Waals surface area contributed by atoms with E-state index in [1.807, 2.05) is 6.20 Å². The van der Waals surface area contributed by atoms with Gasteiger partial charge in [0.2, 0.25) is 0 Å². The van der Waals surface area contributed by atoms with E-state index in [2.05, 4.69) is 52.5 Å². The Balaban J connectivity index is 1.03. The molecule has 36 heavy (non-hydrogen) atoms. The second-order valence-corrected chi connectivity index (χ2v) is 12.1. The van der Waals surface area contributed by atoms with Gasteiger partial charge in [0.05, 0.1) is 37.3 Å². The number of aromatic nitrogens is 3. The van der Waals surface area contributed by atoms with Gasteiger partial charge in [-0.05, 0) is 75.8 Å². The maximum atomic E-state index is 6.13. The van der Waals surface area contributed by atoms with Crippen molar-refractivity contribution in [2.24, 2.45) is 5.41 Å². The number of anilines is 1. The molecule has 7 nitrogen and oxygen atoms in total. The van der Waals surface area contributed by atoms with Gasteiger partial charge in [0.25, 0.3) is 0 Å². The number of nitrogens with zero attached hydrogens (tertiary/aromatic N) is 4. The Morgan fingerprint density at radius 3 is 2.58 bits per heavy atom. The first-order valence-electron chi connectivity index (χ1n) is 14.0. The van der Waals surface area contributed by atoms with Gasteiger partial charge >= 0.3 is 0 Å². The maximum Gasteiger partial charge on any atom is 0.149 e. The summed E-state index contributed by atoms with van der Waals surface area (Å²) in [4.78, 5) is 7.53. The Labute approximate surface area is 215 Å². The van der Waals surface area contributed by atoms with Gasteiger partial charge in [-0.15, -0.1) is 5.10 Å². The highest BCUT2D eigenvalue weighted by atomic mass is 16.6. The number of rotatable bonds is 6. The summed E-state index contributed by atoms with van der Waals surface area (Å²) in [6.45, 7) is 10.3. The molecule has 0 amide bonds. The van der Waals surface area contributed by atoms with Gasteiger partial charge in [-0.3, -0.25) is 4.98 Å². The molecular weight excluding hydrogens is 450 g/mol. The normalized spacial score (nSPS) is 28.8. The van der Waals surface area contributed by atoms with Crippen LogP contribution in [0.25, 0.3) is 11.1 Å². The van der Waals surface area contributed by atoms with Crippen molar-refractivity contribution in [2.75, 3.05) is 44.8 Å². The van der Waals surface area contributed by atoms with E-state index in [1.165, 1.54) is 56.3 Å². The zero-order valence-corrected chi connectivity index (χ0v) is 22.0. The minimum atomic E-state index is -0.0130. The van der Waals surface area contributed by atoms with Crippen molar-refractivity contribution in [3.8, 4) is 11.1 Å². The van der Waals surface area contributed by atoms with Crippen molar-refractivity contribution >= 4 is 5.82 Å². The lowest BCUT2D eigenvalue weighted by molar-refractivity contribution is -0.178. The highest BCUT2D eigenvalue weighted by Crippen LogP contribution is 2.44. The fraction of sp³-hybridized carbons (Fsp3) is 0.690. The van der Waals surface area contributed by atoms with Gasteiger partial charge in [0, 0.05) is 48.4 Å². The number of ether oxygens (including phenoxy) is 2. The van der Waals surface area contributed by atoms with Crippen LogP contribution >= 0.6 is 0 Å². The molecule has 2 aliphatic carbocycles. The third-order valence-electron chi connectivity index (χ3n) is 8.91. The van der Waals surface area contributed by atoms with E-state index in [0.29, 0.717) is 17.4 Å². The van der Waals surface area contributed by atoms with E-state index in [-0.39, 0.29) is 5.60 Å². The highest BCUT2D eigenvalue weighted by molar-refractivity contribution is 5.68. The lowest BCUT2D eigenvalue weighted by atomic mass is 9.73. The number of likely N-dealkylation sites (tertiary alicyclic amines) is 1. The molecule has 1 spiro atoms. The van der Waals surface area contributed by atoms with Crippen LogP contribution in [0, 0.1) is 12.3 Å². The first kappa shape index (κ1) is 24.3. The molecule has 2 saturated carbocycles. The molecule has 0 bridgehead atoms. The highest BCUT2D eigenvalue weighted by Gasteiger charge is 2.40. The van der Waals surface area contributed by atoms with Gasteiger partial charge in [-0.2, -0.15) is 5.10 Å². The predicted molar refractivity (Wildman–Crippen MR) is 141 cm³/mol. The molecule has 2 aliphatic heterocycles. The predicted octanol–water partition coefficient (Wildman–Crippen LogP) is 4.97. The molecule has 0 radical (unpaired) electrons. The van der Waals surface area contributed by atoms with Gasteiger partial charge < -0.3 is 19.7 Å². The van der Waals surface area contributed by atoms with Crippen molar-refractivity contribution in [3.05, 3.63) is 35.8 Å². The van der Waals surface area contributed by atoms with Crippen LogP contribution in [0.5, 0.6) is 0 Å². The average Bonchev–Trinajstić information content (AvgIpc) is 3.74. The molecule has 0 unspecified atom stereocenters. The Bertz CT molecular complexity index is 1050. The standard InChI is InChI=1S/C29H41N5O2/c1-21-3-6-25(27(31-21)22-4-5-22)23-17-26(33-30-18-23)32-24-7-9-28(2,10-8-24)19-34-13-11-29(12-14-34)20-35-15-16-36-29/h3,6,17-18,22,24H,4-5,7-16,19-20H2,1-2H3,(H,32,33). The number of pyridine rings is 1. The largest absolute Gasteiger partial charge is 0.376 e. The summed E-state index contributed by atoms with van der Waals surface area (Å²) in [6, 6.07) is 6.94. The first-order valence-corrected chi connectivity index (χ1v) is 14.0. The third kappa shape index (κ3) is 5.43. The SMILES string of the molecule is Cc1ccc(-c2cnnc(NC3CCC(C)(CN4CCC5(CC4)COCCO5)CC3)c2)c(C2CC2)n1. The minimum absolute atomic E-state index is 0.0130. The van der Waals surface area contributed by atoms with Crippen molar-refractivity contribution in [2.45, 2.75) is 82.8 Å². The van der Waals surface area contributed by atoms with Gasteiger partial charge in [-0.25, -0.2) is 0 Å². The van der Waals surface area contributed by atoms with Crippen molar-refractivity contribution < 1.29 is 9.47 Å². The lowest BCUT2D eigenvalue weighted by Gasteiger charge is -2.47. The Hall–Kier alpha value is -2.09. The van der Waals surface area contributed by atoms with E-state index in [1.54, 1.807) is 0 Å². The van der Waals surface area contributed by atoms with E-state index in [9.17, 15) is 0 Å².